The molecule has 3 N–H and O–H groups in total. The number of benzene rings is 1. The molecule has 2 heterocycles. The van der Waals surface area contributed by atoms with Crippen molar-refractivity contribution in [3.63, 3.8) is 0 Å². The van der Waals surface area contributed by atoms with Gasteiger partial charge in [-0.15, -0.1) is 0 Å². The second kappa shape index (κ2) is 5.37. The second-order valence-corrected chi connectivity index (χ2v) is 6.01. The summed E-state index contributed by atoms with van der Waals surface area (Å²) < 4.78 is 1.89. The third-order valence-electron chi connectivity index (χ3n) is 4.61. The van der Waals surface area contributed by atoms with Gasteiger partial charge in [0.05, 0.1) is 35.8 Å². The maximum absolute atomic E-state index is 10.4. The molecule has 0 spiro atoms. The average Bonchev–Trinajstić information content (AvgIpc) is 3.04. The standard InChI is InChI=1S/C18H19N3O2/c1-11-15(10-22)21-8-4-7-14(18(21)19-11)20-17-13-6-3-2-5-12(13)9-16(17)23/h2-8,16-17,20,22-23H,9-10H2,1H3. The fourth-order valence-electron chi connectivity index (χ4n) is 3.45. The first kappa shape index (κ1) is 14.2. The van der Waals surface area contributed by atoms with E-state index in [4.69, 9.17) is 0 Å². The van der Waals surface area contributed by atoms with E-state index >= 15 is 0 Å². The number of hydrogen-bond donors (Lipinski definition) is 3. The lowest BCUT2D eigenvalue weighted by atomic mass is 10.1. The molecular formula is C18H19N3O2. The van der Waals surface area contributed by atoms with E-state index in [0.29, 0.717) is 6.42 Å². The van der Waals surface area contributed by atoms with Gasteiger partial charge in [0.1, 0.15) is 0 Å². The number of aliphatic hydroxyl groups is 2. The molecule has 5 heteroatoms. The Kier molecular flexibility index (Phi) is 3.32. The summed E-state index contributed by atoms with van der Waals surface area (Å²) in [4.78, 5) is 4.57. The minimum absolute atomic E-state index is 0.0503. The topological polar surface area (TPSA) is 69.8 Å². The Labute approximate surface area is 134 Å². The fourth-order valence-corrected chi connectivity index (χ4v) is 3.45. The zero-order valence-electron chi connectivity index (χ0n) is 12.9. The van der Waals surface area contributed by atoms with Crippen LogP contribution in [-0.2, 0) is 13.0 Å². The Balaban J connectivity index is 1.77. The van der Waals surface area contributed by atoms with Gasteiger partial charge in [-0.05, 0) is 30.2 Å². The smallest absolute Gasteiger partial charge is 0.160 e. The van der Waals surface area contributed by atoms with Crippen LogP contribution in [0, 0.1) is 6.92 Å². The Morgan fingerprint density at radius 2 is 2.09 bits per heavy atom. The van der Waals surface area contributed by atoms with Crippen molar-refractivity contribution in [1.82, 2.24) is 9.38 Å². The number of aliphatic hydroxyl groups excluding tert-OH is 2. The van der Waals surface area contributed by atoms with Crippen LogP contribution in [0.4, 0.5) is 5.69 Å². The summed E-state index contributed by atoms with van der Waals surface area (Å²) in [7, 11) is 0. The van der Waals surface area contributed by atoms with Gasteiger partial charge >= 0.3 is 0 Å². The number of hydrogen-bond acceptors (Lipinski definition) is 4. The van der Waals surface area contributed by atoms with Gasteiger partial charge in [0.2, 0.25) is 0 Å². The van der Waals surface area contributed by atoms with E-state index in [1.54, 1.807) is 0 Å². The summed E-state index contributed by atoms with van der Waals surface area (Å²) in [5.41, 5.74) is 5.54. The summed E-state index contributed by atoms with van der Waals surface area (Å²) in [6.07, 6.45) is 2.10. The van der Waals surface area contributed by atoms with E-state index in [1.807, 2.05) is 41.8 Å². The molecule has 2 atom stereocenters. The van der Waals surface area contributed by atoms with Crippen molar-refractivity contribution in [3.05, 3.63) is 65.1 Å². The van der Waals surface area contributed by atoms with Crippen molar-refractivity contribution in [2.75, 3.05) is 5.32 Å². The molecule has 0 saturated carbocycles. The minimum atomic E-state index is -0.457. The molecule has 1 aliphatic rings. The van der Waals surface area contributed by atoms with Crippen LogP contribution < -0.4 is 5.32 Å². The van der Waals surface area contributed by atoms with E-state index in [0.717, 1.165) is 28.3 Å². The number of rotatable bonds is 3. The molecule has 5 nitrogen and oxygen atoms in total. The van der Waals surface area contributed by atoms with Crippen molar-refractivity contribution in [3.8, 4) is 0 Å². The predicted octanol–water partition coefficient (Wildman–Crippen LogP) is 2.21. The first-order chi connectivity index (χ1) is 11.2. The summed E-state index contributed by atoms with van der Waals surface area (Å²) in [5, 5.41) is 23.4. The van der Waals surface area contributed by atoms with E-state index < -0.39 is 6.10 Å². The van der Waals surface area contributed by atoms with Crippen LogP contribution in [0.25, 0.3) is 5.65 Å². The lowest BCUT2D eigenvalue weighted by molar-refractivity contribution is 0.166. The molecular weight excluding hydrogens is 290 g/mol. The summed E-state index contributed by atoms with van der Waals surface area (Å²) in [6, 6.07) is 11.8. The molecule has 3 aromatic rings. The average molecular weight is 309 g/mol. The highest BCUT2D eigenvalue weighted by Crippen LogP contribution is 2.35. The SMILES string of the molecule is Cc1nc2c(NC3c4ccccc4CC3O)cccn2c1CO. The highest BCUT2D eigenvalue weighted by molar-refractivity contribution is 5.69. The maximum Gasteiger partial charge on any atom is 0.160 e. The van der Waals surface area contributed by atoms with E-state index in [-0.39, 0.29) is 12.6 Å². The number of nitrogens with one attached hydrogen (secondary N) is 1. The molecule has 0 bridgehead atoms. The Hall–Kier alpha value is -2.37. The number of nitrogens with zero attached hydrogens (tertiary/aromatic N) is 2. The van der Waals surface area contributed by atoms with Gasteiger partial charge in [-0.2, -0.15) is 0 Å². The first-order valence-electron chi connectivity index (χ1n) is 7.79. The number of anilines is 1. The third-order valence-corrected chi connectivity index (χ3v) is 4.61. The van der Waals surface area contributed by atoms with Crippen LogP contribution in [0.5, 0.6) is 0 Å². The number of aryl methyl sites for hydroxylation is 1. The van der Waals surface area contributed by atoms with Crippen molar-refractivity contribution in [2.24, 2.45) is 0 Å². The first-order valence-corrected chi connectivity index (χ1v) is 7.79. The van der Waals surface area contributed by atoms with E-state index in [9.17, 15) is 10.2 Å². The van der Waals surface area contributed by atoms with Crippen molar-refractivity contribution >= 4 is 11.3 Å². The zero-order valence-corrected chi connectivity index (χ0v) is 12.9. The highest BCUT2D eigenvalue weighted by Gasteiger charge is 2.31. The largest absolute Gasteiger partial charge is 0.390 e. The monoisotopic (exact) mass is 309 g/mol. The van der Waals surface area contributed by atoms with E-state index in [2.05, 4.69) is 22.4 Å². The second-order valence-electron chi connectivity index (χ2n) is 6.01. The molecule has 0 aliphatic heterocycles. The Morgan fingerprint density at radius 1 is 1.26 bits per heavy atom. The molecule has 4 rings (SSSR count). The number of fused-ring (bicyclic) bond motifs is 2. The molecule has 0 radical (unpaired) electrons. The molecule has 23 heavy (non-hydrogen) atoms. The molecule has 0 saturated heterocycles. The van der Waals surface area contributed by atoms with Crippen LogP contribution in [0.1, 0.15) is 28.6 Å². The number of aromatic nitrogens is 2. The molecule has 1 aromatic carbocycles. The van der Waals surface area contributed by atoms with Gasteiger partial charge < -0.3 is 15.5 Å². The molecule has 1 aliphatic carbocycles. The van der Waals surface area contributed by atoms with Crippen molar-refractivity contribution in [1.29, 1.82) is 0 Å². The van der Waals surface area contributed by atoms with Gasteiger partial charge in [0, 0.05) is 12.6 Å². The third kappa shape index (κ3) is 2.20. The van der Waals surface area contributed by atoms with Crippen LogP contribution in [-0.4, -0.2) is 25.7 Å². The van der Waals surface area contributed by atoms with Gasteiger partial charge in [-0.1, -0.05) is 24.3 Å². The normalized spacial score (nSPS) is 20.0. The Bertz CT molecular complexity index is 872. The molecule has 0 amide bonds. The Morgan fingerprint density at radius 3 is 2.91 bits per heavy atom. The predicted molar refractivity (Wildman–Crippen MR) is 88.4 cm³/mol. The van der Waals surface area contributed by atoms with Gasteiger partial charge in [0.25, 0.3) is 0 Å². The van der Waals surface area contributed by atoms with Crippen LogP contribution >= 0.6 is 0 Å². The zero-order chi connectivity index (χ0) is 16.0. The number of imidazole rings is 1. The van der Waals surface area contributed by atoms with Gasteiger partial charge in [-0.3, -0.25) is 4.40 Å². The van der Waals surface area contributed by atoms with Crippen LogP contribution in [0.15, 0.2) is 42.6 Å². The maximum atomic E-state index is 10.4. The molecule has 0 fully saturated rings. The van der Waals surface area contributed by atoms with Gasteiger partial charge in [0.15, 0.2) is 5.65 Å². The van der Waals surface area contributed by atoms with E-state index in [1.165, 1.54) is 5.56 Å². The van der Waals surface area contributed by atoms with Gasteiger partial charge in [-0.25, -0.2) is 4.98 Å². The molecule has 2 aromatic heterocycles. The fraction of sp³-hybridized carbons (Fsp3) is 0.278. The van der Waals surface area contributed by atoms with Crippen LogP contribution in [0.3, 0.4) is 0 Å². The lowest BCUT2D eigenvalue weighted by Crippen LogP contribution is -2.21. The number of pyridine rings is 1. The quantitative estimate of drug-likeness (QED) is 0.694. The summed E-state index contributed by atoms with van der Waals surface area (Å²) in [6.45, 7) is 1.84. The molecule has 118 valence electrons. The molecule has 2 unspecified atom stereocenters. The van der Waals surface area contributed by atoms with Crippen molar-refractivity contribution in [2.45, 2.75) is 32.1 Å². The van der Waals surface area contributed by atoms with Crippen LogP contribution in [0.2, 0.25) is 0 Å². The lowest BCUT2D eigenvalue weighted by Gasteiger charge is -2.19. The summed E-state index contributed by atoms with van der Waals surface area (Å²) >= 11 is 0. The minimum Gasteiger partial charge on any atom is -0.390 e. The highest BCUT2D eigenvalue weighted by atomic mass is 16.3. The summed E-state index contributed by atoms with van der Waals surface area (Å²) in [5.74, 6) is 0. The van der Waals surface area contributed by atoms with Crippen molar-refractivity contribution < 1.29 is 10.2 Å².